The molecule has 0 unspecified atom stereocenters. The maximum atomic E-state index is 10.8. The van der Waals surface area contributed by atoms with Crippen molar-refractivity contribution in [3.63, 3.8) is 0 Å². The van der Waals surface area contributed by atoms with Gasteiger partial charge in [-0.3, -0.25) is 4.79 Å². The maximum absolute atomic E-state index is 10.8. The molecule has 1 rings (SSSR count). The second-order valence-corrected chi connectivity index (χ2v) is 2.96. The molecule has 0 atom stereocenters. The summed E-state index contributed by atoms with van der Waals surface area (Å²) in [5, 5.41) is 0.415. The van der Waals surface area contributed by atoms with Gasteiger partial charge in [-0.05, 0) is 0 Å². The lowest BCUT2D eigenvalue weighted by molar-refractivity contribution is -0.139. The van der Waals surface area contributed by atoms with Crippen LogP contribution in [0.2, 0.25) is 10.3 Å². The van der Waals surface area contributed by atoms with Gasteiger partial charge < -0.3 is 4.74 Å². The Kier molecular flexibility index (Phi) is 3.45. The van der Waals surface area contributed by atoms with Crippen molar-refractivity contribution in [3.05, 3.63) is 22.2 Å². The highest BCUT2D eigenvalue weighted by molar-refractivity contribution is 6.33. The van der Waals surface area contributed by atoms with Crippen LogP contribution in [0.1, 0.15) is 5.82 Å². The van der Waals surface area contributed by atoms with Gasteiger partial charge in [-0.25, -0.2) is 9.97 Å². The first kappa shape index (κ1) is 10.2. The molecule has 0 aliphatic heterocycles. The Hall–Kier alpha value is -0.870. The van der Waals surface area contributed by atoms with Crippen molar-refractivity contribution < 1.29 is 9.53 Å². The van der Waals surface area contributed by atoms with Crippen molar-refractivity contribution in [2.45, 2.75) is 6.42 Å². The van der Waals surface area contributed by atoms with Gasteiger partial charge in [0, 0.05) is 6.07 Å². The second-order valence-electron chi connectivity index (χ2n) is 2.18. The minimum absolute atomic E-state index is 0.0310. The molecule has 0 bridgehead atoms. The predicted octanol–water partition coefficient (Wildman–Crippen LogP) is 1.50. The van der Waals surface area contributed by atoms with Gasteiger partial charge in [-0.2, -0.15) is 0 Å². The molecule has 0 aliphatic carbocycles. The van der Waals surface area contributed by atoms with Gasteiger partial charge in [0.15, 0.2) is 0 Å². The van der Waals surface area contributed by atoms with Crippen LogP contribution < -0.4 is 0 Å². The highest BCUT2D eigenvalue weighted by Gasteiger charge is 2.07. The number of rotatable bonds is 2. The molecule has 0 saturated carbocycles. The van der Waals surface area contributed by atoms with Gasteiger partial charge >= 0.3 is 5.97 Å². The largest absolute Gasteiger partial charge is 0.469 e. The van der Waals surface area contributed by atoms with Crippen molar-refractivity contribution in [1.29, 1.82) is 0 Å². The molecule has 6 heteroatoms. The zero-order valence-electron chi connectivity index (χ0n) is 6.75. The van der Waals surface area contributed by atoms with Crippen molar-refractivity contribution in [2.75, 3.05) is 7.11 Å². The van der Waals surface area contributed by atoms with Crippen LogP contribution in [0.15, 0.2) is 6.07 Å². The first-order valence-electron chi connectivity index (χ1n) is 3.37. The van der Waals surface area contributed by atoms with Gasteiger partial charge in [0.1, 0.15) is 22.6 Å². The van der Waals surface area contributed by atoms with Crippen LogP contribution in [0.3, 0.4) is 0 Å². The zero-order valence-corrected chi connectivity index (χ0v) is 8.26. The van der Waals surface area contributed by atoms with Crippen LogP contribution in [0.5, 0.6) is 0 Å². The summed E-state index contributed by atoms with van der Waals surface area (Å²) in [6.45, 7) is 0. The molecule has 0 fully saturated rings. The summed E-state index contributed by atoms with van der Waals surface area (Å²) in [5.41, 5.74) is 0. The van der Waals surface area contributed by atoms with E-state index in [-0.39, 0.29) is 22.6 Å². The van der Waals surface area contributed by atoms with Crippen molar-refractivity contribution in [2.24, 2.45) is 0 Å². The average Bonchev–Trinajstić information content (AvgIpc) is 2.02. The van der Waals surface area contributed by atoms with Gasteiger partial charge in [-0.15, -0.1) is 0 Å². The lowest BCUT2D eigenvalue weighted by Crippen LogP contribution is -2.08. The van der Waals surface area contributed by atoms with Crippen LogP contribution in [-0.2, 0) is 16.0 Å². The van der Waals surface area contributed by atoms with Crippen molar-refractivity contribution in [3.8, 4) is 0 Å². The first-order valence-corrected chi connectivity index (χ1v) is 4.13. The van der Waals surface area contributed by atoms with Crippen molar-refractivity contribution in [1.82, 2.24) is 9.97 Å². The van der Waals surface area contributed by atoms with Crippen LogP contribution in [-0.4, -0.2) is 23.0 Å². The summed E-state index contributed by atoms with van der Waals surface area (Å²) >= 11 is 11.2. The van der Waals surface area contributed by atoms with Gasteiger partial charge in [0.05, 0.1) is 7.11 Å². The van der Waals surface area contributed by atoms with E-state index < -0.39 is 5.97 Å². The van der Waals surface area contributed by atoms with E-state index in [0.717, 1.165) is 0 Å². The standard InChI is InChI=1S/C7H6Cl2N2O2/c1-13-7(12)3-6-10-4(8)2-5(9)11-6/h2H,3H2,1H3. The molecule has 0 aromatic carbocycles. The summed E-state index contributed by atoms with van der Waals surface area (Å²) in [5.74, 6) is -0.178. The quantitative estimate of drug-likeness (QED) is 0.560. The first-order chi connectivity index (χ1) is 6.11. The molecule has 0 amide bonds. The van der Waals surface area contributed by atoms with Crippen LogP contribution in [0, 0.1) is 0 Å². The molecule has 1 aromatic rings. The van der Waals surface area contributed by atoms with Gasteiger partial charge in [0.25, 0.3) is 0 Å². The predicted molar refractivity (Wildman–Crippen MR) is 47.8 cm³/mol. The van der Waals surface area contributed by atoms with Crippen LogP contribution in [0.4, 0.5) is 0 Å². The second kappa shape index (κ2) is 4.39. The third kappa shape index (κ3) is 3.16. The number of hydrogen-bond donors (Lipinski definition) is 0. The number of esters is 1. The fourth-order valence-corrected chi connectivity index (χ4v) is 1.17. The zero-order chi connectivity index (χ0) is 9.84. The number of aromatic nitrogens is 2. The third-order valence-corrected chi connectivity index (χ3v) is 1.63. The molecule has 0 N–H and O–H groups in total. The Morgan fingerprint density at radius 3 is 2.46 bits per heavy atom. The maximum Gasteiger partial charge on any atom is 0.313 e. The lowest BCUT2D eigenvalue weighted by atomic mass is 10.4. The van der Waals surface area contributed by atoms with E-state index in [2.05, 4.69) is 14.7 Å². The fourth-order valence-electron chi connectivity index (χ4n) is 0.715. The molecule has 70 valence electrons. The highest BCUT2D eigenvalue weighted by atomic mass is 35.5. The van der Waals surface area contributed by atoms with Gasteiger partial charge in [0.2, 0.25) is 0 Å². The SMILES string of the molecule is COC(=O)Cc1nc(Cl)cc(Cl)n1. The molecule has 0 spiro atoms. The molecule has 0 radical (unpaired) electrons. The fraction of sp³-hybridized carbons (Fsp3) is 0.286. The molecular formula is C7H6Cl2N2O2. The van der Waals surface area contributed by atoms with E-state index in [1.54, 1.807) is 0 Å². The Bertz CT molecular complexity index is 310. The minimum Gasteiger partial charge on any atom is -0.469 e. The van der Waals surface area contributed by atoms with E-state index in [0.29, 0.717) is 0 Å². The van der Waals surface area contributed by atoms with E-state index in [4.69, 9.17) is 23.2 Å². The van der Waals surface area contributed by atoms with E-state index in [1.807, 2.05) is 0 Å². The number of carbonyl (C=O) groups excluding carboxylic acids is 1. The number of nitrogens with zero attached hydrogens (tertiary/aromatic N) is 2. The number of ether oxygens (including phenoxy) is 1. The molecule has 0 aliphatic rings. The monoisotopic (exact) mass is 220 g/mol. The number of carbonyl (C=O) groups is 1. The van der Waals surface area contributed by atoms with Gasteiger partial charge in [-0.1, -0.05) is 23.2 Å². The highest BCUT2D eigenvalue weighted by Crippen LogP contribution is 2.11. The van der Waals surface area contributed by atoms with Crippen LogP contribution in [0.25, 0.3) is 0 Å². The molecule has 1 aromatic heterocycles. The third-order valence-electron chi connectivity index (χ3n) is 1.24. The Labute approximate surface area is 84.8 Å². The van der Waals surface area contributed by atoms with E-state index >= 15 is 0 Å². The molecule has 13 heavy (non-hydrogen) atoms. The molecule has 0 saturated heterocycles. The summed E-state index contributed by atoms with van der Waals surface area (Å²) in [6, 6.07) is 1.39. The van der Waals surface area contributed by atoms with E-state index in [9.17, 15) is 4.79 Å². The Morgan fingerprint density at radius 2 is 2.00 bits per heavy atom. The molecule has 1 heterocycles. The minimum atomic E-state index is -0.432. The number of halogens is 2. The number of hydrogen-bond acceptors (Lipinski definition) is 4. The summed E-state index contributed by atoms with van der Waals surface area (Å²) < 4.78 is 4.43. The smallest absolute Gasteiger partial charge is 0.313 e. The Morgan fingerprint density at radius 1 is 1.46 bits per heavy atom. The number of methoxy groups -OCH3 is 1. The van der Waals surface area contributed by atoms with E-state index in [1.165, 1.54) is 13.2 Å². The summed E-state index contributed by atoms with van der Waals surface area (Å²) in [6.07, 6.45) is -0.0310. The summed E-state index contributed by atoms with van der Waals surface area (Å²) in [4.78, 5) is 18.4. The topological polar surface area (TPSA) is 52.1 Å². The van der Waals surface area contributed by atoms with Crippen molar-refractivity contribution >= 4 is 29.2 Å². The van der Waals surface area contributed by atoms with Crippen LogP contribution >= 0.6 is 23.2 Å². The Balaban J connectivity index is 2.83. The lowest BCUT2D eigenvalue weighted by Gasteiger charge is -1.99. The molecular weight excluding hydrogens is 215 g/mol. The normalized spacial score (nSPS) is 9.77. The molecule has 4 nitrogen and oxygen atoms in total. The summed E-state index contributed by atoms with van der Waals surface area (Å²) in [7, 11) is 1.29. The average molecular weight is 221 g/mol.